The lowest BCUT2D eigenvalue weighted by Crippen LogP contribution is -2.31. The maximum atomic E-state index is 12.5. The van der Waals surface area contributed by atoms with Gasteiger partial charge < -0.3 is 14.6 Å². The van der Waals surface area contributed by atoms with Crippen LogP contribution in [0.5, 0.6) is 0 Å². The quantitative estimate of drug-likeness (QED) is 0.535. The summed E-state index contributed by atoms with van der Waals surface area (Å²) in [6, 6.07) is 8.33. The number of anilines is 2. The first-order valence-electron chi connectivity index (χ1n) is 10.7. The fraction of sp³-hybridized carbons (Fsp3) is 0.409. The molecule has 0 amide bonds. The van der Waals surface area contributed by atoms with E-state index in [1.807, 2.05) is 23.9 Å². The molecule has 10 heteroatoms. The summed E-state index contributed by atoms with van der Waals surface area (Å²) < 4.78 is 35.2. The minimum absolute atomic E-state index is 0.0498. The second kappa shape index (κ2) is 9.35. The number of nitrogens with one attached hydrogen (secondary N) is 2. The van der Waals surface area contributed by atoms with Gasteiger partial charge in [0.15, 0.2) is 0 Å². The molecular formula is C22H28N6O3S. The third-order valence-corrected chi connectivity index (χ3v) is 6.84. The molecule has 1 unspecified atom stereocenters. The molecule has 1 aliphatic heterocycles. The van der Waals surface area contributed by atoms with Crippen molar-refractivity contribution in [3.63, 3.8) is 0 Å². The van der Waals surface area contributed by atoms with Gasteiger partial charge in [-0.15, -0.1) is 0 Å². The van der Waals surface area contributed by atoms with Crippen LogP contribution in [0.2, 0.25) is 0 Å². The maximum Gasteiger partial charge on any atom is 0.240 e. The fourth-order valence-electron chi connectivity index (χ4n) is 3.70. The smallest absolute Gasteiger partial charge is 0.240 e. The Kier molecular flexibility index (Phi) is 6.54. The molecule has 0 radical (unpaired) electrons. The number of hydrogen-bond donors (Lipinski definition) is 2. The lowest BCUT2D eigenvalue weighted by Gasteiger charge is -2.12. The number of rotatable bonds is 8. The van der Waals surface area contributed by atoms with Gasteiger partial charge in [-0.1, -0.05) is 13.8 Å². The van der Waals surface area contributed by atoms with Crippen molar-refractivity contribution >= 4 is 21.7 Å². The second-order valence-electron chi connectivity index (χ2n) is 8.12. The van der Waals surface area contributed by atoms with Gasteiger partial charge >= 0.3 is 0 Å². The van der Waals surface area contributed by atoms with Gasteiger partial charge in [0.1, 0.15) is 5.82 Å². The Morgan fingerprint density at radius 1 is 1.19 bits per heavy atom. The first-order chi connectivity index (χ1) is 15.3. The van der Waals surface area contributed by atoms with E-state index in [9.17, 15) is 8.42 Å². The average molecular weight is 457 g/mol. The fourth-order valence-corrected chi connectivity index (χ4v) is 4.76. The number of ether oxygens (including phenoxy) is 1. The highest BCUT2D eigenvalue weighted by atomic mass is 32.2. The lowest BCUT2D eigenvalue weighted by atomic mass is 10.2. The van der Waals surface area contributed by atoms with Gasteiger partial charge in [0.05, 0.1) is 28.6 Å². The molecule has 1 fully saturated rings. The molecule has 3 heterocycles. The highest BCUT2D eigenvalue weighted by Gasteiger charge is 2.20. The van der Waals surface area contributed by atoms with Crippen molar-refractivity contribution in [1.82, 2.24) is 24.2 Å². The Labute approximate surface area is 188 Å². The molecule has 32 heavy (non-hydrogen) atoms. The Balaban J connectivity index is 1.45. The topological polar surface area (TPSA) is 111 Å². The number of aromatic nitrogens is 4. The Morgan fingerprint density at radius 2 is 1.97 bits per heavy atom. The molecule has 0 aliphatic carbocycles. The van der Waals surface area contributed by atoms with Gasteiger partial charge in [-0.2, -0.15) is 0 Å². The van der Waals surface area contributed by atoms with E-state index in [0.29, 0.717) is 24.2 Å². The second-order valence-corrected chi connectivity index (χ2v) is 9.88. The van der Waals surface area contributed by atoms with Crippen molar-refractivity contribution in [3.8, 4) is 11.4 Å². The van der Waals surface area contributed by atoms with Gasteiger partial charge in [0.2, 0.25) is 16.0 Å². The number of hydrogen-bond acceptors (Lipinski definition) is 7. The summed E-state index contributed by atoms with van der Waals surface area (Å²) in [5, 5.41) is 3.13. The molecule has 0 bridgehead atoms. The Bertz CT molecular complexity index is 1170. The molecule has 0 saturated carbocycles. The van der Waals surface area contributed by atoms with E-state index in [2.05, 4.69) is 38.8 Å². The van der Waals surface area contributed by atoms with Crippen LogP contribution in [0, 0.1) is 0 Å². The van der Waals surface area contributed by atoms with Gasteiger partial charge in [0.25, 0.3) is 0 Å². The molecule has 2 aromatic heterocycles. The van der Waals surface area contributed by atoms with Crippen LogP contribution in [0.3, 0.4) is 0 Å². The predicted molar refractivity (Wildman–Crippen MR) is 122 cm³/mol. The maximum absolute atomic E-state index is 12.5. The van der Waals surface area contributed by atoms with Gasteiger partial charge in [0, 0.05) is 38.0 Å². The SMILES string of the molecule is CC(C)c1ncc(-c2ccnc(Nc3ccc(S(=O)(=O)NCC4CCCO4)cc3)n2)n1C. The Hall–Kier alpha value is -2.82. The van der Waals surface area contributed by atoms with E-state index >= 15 is 0 Å². The van der Waals surface area contributed by atoms with E-state index in [-0.39, 0.29) is 17.5 Å². The highest BCUT2D eigenvalue weighted by molar-refractivity contribution is 7.89. The summed E-state index contributed by atoms with van der Waals surface area (Å²) in [7, 11) is -1.62. The van der Waals surface area contributed by atoms with Crippen LogP contribution in [-0.2, 0) is 21.8 Å². The van der Waals surface area contributed by atoms with E-state index in [1.54, 1.807) is 30.5 Å². The van der Waals surface area contributed by atoms with Crippen LogP contribution in [0.4, 0.5) is 11.6 Å². The van der Waals surface area contributed by atoms with Crippen LogP contribution in [0.25, 0.3) is 11.4 Å². The van der Waals surface area contributed by atoms with Crippen molar-refractivity contribution < 1.29 is 13.2 Å². The molecule has 2 N–H and O–H groups in total. The minimum atomic E-state index is -3.59. The molecule has 4 rings (SSSR count). The molecular weight excluding hydrogens is 428 g/mol. The third-order valence-electron chi connectivity index (χ3n) is 5.40. The summed E-state index contributed by atoms with van der Waals surface area (Å²) in [6.07, 6.45) is 5.29. The van der Waals surface area contributed by atoms with E-state index < -0.39 is 10.0 Å². The van der Waals surface area contributed by atoms with Crippen LogP contribution >= 0.6 is 0 Å². The monoisotopic (exact) mass is 456 g/mol. The van der Waals surface area contributed by atoms with Crippen LogP contribution < -0.4 is 10.0 Å². The number of nitrogens with zero attached hydrogens (tertiary/aromatic N) is 4. The van der Waals surface area contributed by atoms with Crippen LogP contribution in [-0.4, -0.2) is 47.2 Å². The van der Waals surface area contributed by atoms with Crippen molar-refractivity contribution in [1.29, 1.82) is 0 Å². The van der Waals surface area contributed by atoms with Crippen molar-refractivity contribution in [2.45, 2.75) is 43.6 Å². The molecule has 1 saturated heterocycles. The summed E-state index contributed by atoms with van der Waals surface area (Å²) >= 11 is 0. The highest BCUT2D eigenvalue weighted by Crippen LogP contribution is 2.23. The van der Waals surface area contributed by atoms with Gasteiger partial charge in [-0.3, -0.25) is 0 Å². The molecule has 3 aromatic rings. The van der Waals surface area contributed by atoms with Crippen molar-refractivity contribution in [2.75, 3.05) is 18.5 Å². The summed E-state index contributed by atoms with van der Waals surface area (Å²) in [4.78, 5) is 13.6. The summed E-state index contributed by atoms with van der Waals surface area (Å²) in [5.41, 5.74) is 2.34. The van der Waals surface area contributed by atoms with Gasteiger partial charge in [-0.25, -0.2) is 28.1 Å². The average Bonchev–Trinajstić information content (AvgIpc) is 3.43. The Morgan fingerprint density at radius 3 is 2.62 bits per heavy atom. The molecule has 0 spiro atoms. The first-order valence-corrected chi connectivity index (χ1v) is 12.1. The largest absolute Gasteiger partial charge is 0.377 e. The van der Waals surface area contributed by atoms with Gasteiger partial charge in [-0.05, 0) is 43.2 Å². The minimum Gasteiger partial charge on any atom is -0.377 e. The number of sulfonamides is 1. The molecule has 1 aromatic carbocycles. The van der Waals surface area contributed by atoms with Crippen LogP contribution in [0.15, 0.2) is 47.6 Å². The summed E-state index contributed by atoms with van der Waals surface area (Å²) in [6.45, 7) is 5.17. The van der Waals surface area contributed by atoms with Crippen molar-refractivity contribution in [2.24, 2.45) is 7.05 Å². The lowest BCUT2D eigenvalue weighted by molar-refractivity contribution is 0.114. The van der Waals surface area contributed by atoms with E-state index in [4.69, 9.17) is 4.74 Å². The first kappa shape index (κ1) is 22.4. The van der Waals surface area contributed by atoms with Crippen LogP contribution in [0.1, 0.15) is 38.4 Å². The normalized spacial score (nSPS) is 16.6. The van der Waals surface area contributed by atoms with E-state index in [0.717, 1.165) is 30.1 Å². The molecule has 1 aliphatic rings. The van der Waals surface area contributed by atoms with E-state index in [1.165, 1.54) is 0 Å². The zero-order valence-corrected chi connectivity index (χ0v) is 19.3. The molecule has 9 nitrogen and oxygen atoms in total. The number of imidazole rings is 1. The zero-order valence-electron chi connectivity index (χ0n) is 18.4. The number of benzene rings is 1. The zero-order chi connectivity index (χ0) is 22.7. The predicted octanol–water partition coefficient (Wildman–Crippen LogP) is 3.20. The third kappa shape index (κ3) is 4.98. The summed E-state index contributed by atoms with van der Waals surface area (Å²) in [5.74, 6) is 1.71. The molecule has 170 valence electrons. The molecule has 1 atom stereocenters. The van der Waals surface area contributed by atoms with Crippen molar-refractivity contribution in [3.05, 3.63) is 48.5 Å². The standard InChI is InChI=1S/C22H28N6O3S/c1-15(2)21-24-14-20(28(21)3)19-10-11-23-22(27-19)26-16-6-8-18(9-7-16)32(29,30)25-13-17-5-4-12-31-17/h6-11,14-15,17,25H,4-5,12-13H2,1-3H3,(H,23,26,27).